The lowest BCUT2D eigenvalue weighted by Crippen LogP contribution is -2.34. The fraction of sp³-hybridized carbons (Fsp3) is 0.500. The molecule has 1 saturated carbocycles. The molecule has 1 amide bonds. The SMILES string of the molecule is CC(CCC(=O)O)NC(=O)C1CC1c1ccccc1OC(F)(F)F. The van der Waals surface area contributed by atoms with Crippen molar-refractivity contribution in [2.24, 2.45) is 5.92 Å². The van der Waals surface area contributed by atoms with Crippen LogP contribution in [0.15, 0.2) is 24.3 Å². The van der Waals surface area contributed by atoms with Crippen molar-refractivity contribution in [3.05, 3.63) is 29.8 Å². The van der Waals surface area contributed by atoms with Gasteiger partial charge in [0.2, 0.25) is 5.91 Å². The summed E-state index contributed by atoms with van der Waals surface area (Å²) >= 11 is 0. The molecule has 1 aromatic carbocycles. The summed E-state index contributed by atoms with van der Waals surface area (Å²) in [5.74, 6) is -2.26. The van der Waals surface area contributed by atoms with Gasteiger partial charge in [0, 0.05) is 18.4 Å². The number of nitrogens with one attached hydrogen (secondary N) is 1. The molecule has 0 aromatic heterocycles. The van der Waals surface area contributed by atoms with Crippen molar-refractivity contribution in [2.45, 2.75) is 44.5 Å². The number of ether oxygens (including phenoxy) is 1. The predicted molar refractivity (Wildman–Crippen MR) is 78.4 cm³/mol. The number of aliphatic carboxylic acids is 1. The van der Waals surface area contributed by atoms with Gasteiger partial charge in [-0.3, -0.25) is 9.59 Å². The molecule has 24 heavy (non-hydrogen) atoms. The molecule has 0 saturated heterocycles. The highest BCUT2D eigenvalue weighted by atomic mass is 19.4. The monoisotopic (exact) mass is 345 g/mol. The average Bonchev–Trinajstić information content (AvgIpc) is 3.24. The zero-order valence-electron chi connectivity index (χ0n) is 13.0. The zero-order chi connectivity index (χ0) is 17.9. The minimum atomic E-state index is -4.78. The van der Waals surface area contributed by atoms with Crippen LogP contribution in [0.2, 0.25) is 0 Å². The number of hydrogen-bond donors (Lipinski definition) is 2. The van der Waals surface area contributed by atoms with Gasteiger partial charge in [-0.1, -0.05) is 18.2 Å². The van der Waals surface area contributed by atoms with Gasteiger partial charge in [-0.25, -0.2) is 0 Å². The normalized spacial score (nSPS) is 21.0. The molecule has 8 heteroatoms. The third kappa shape index (κ3) is 5.14. The largest absolute Gasteiger partial charge is 0.573 e. The molecule has 0 heterocycles. The topological polar surface area (TPSA) is 75.6 Å². The maximum Gasteiger partial charge on any atom is 0.573 e. The lowest BCUT2D eigenvalue weighted by Gasteiger charge is -2.14. The number of carboxylic acids is 1. The molecule has 0 aliphatic heterocycles. The Morgan fingerprint density at radius 3 is 2.67 bits per heavy atom. The number of benzene rings is 1. The maximum atomic E-state index is 12.4. The highest BCUT2D eigenvalue weighted by molar-refractivity contribution is 5.83. The van der Waals surface area contributed by atoms with Crippen LogP contribution in [0.3, 0.4) is 0 Å². The maximum absolute atomic E-state index is 12.4. The molecular formula is C16H18F3NO4. The highest BCUT2D eigenvalue weighted by Gasteiger charge is 2.46. The number of halogens is 3. The van der Waals surface area contributed by atoms with E-state index < -0.39 is 18.2 Å². The van der Waals surface area contributed by atoms with E-state index in [4.69, 9.17) is 5.11 Å². The van der Waals surface area contributed by atoms with Crippen LogP contribution in [0.4, 0.5) is 13.2 Å². The fourth-order valence-corrected chi connectivity index (χ4v) is 2.60. The molecule has 132 valence electrons. The van der Waals surface area contributed by atoms with E-state index in [9.17, 15) is 22.8 Å². The number of alkyl halides is 3. The quantitative estimate of drug-likeness (QED) is 0.796. The van der Waals surface area contributed by atoms with Gasteiger partial charge in [0.1, 0.15) is 5.75 Å². The van der Waals surface area contributed by atoms with E-state index in [1.165, 1.54) is 18.2 Å². The van der Waals surface area contributed by atoms with Crippen molar-refractivity contribution >= 4 is 11.9 Å². The Hall–Kier alpha value is -2.25. The Morgan fingerprint density at radius 1 is 1.38 bits per heavy atom. The molecule has 3 unspecified atom stereocenters. The molecule has 1 aliphatic carbocycles. The number of rotatable bonds is 7. The van der Waals surface area contributed by atoms with Gasteiger partial charge in [-0.2, -0.15) is 0 Å². The van der Waals surface area contributed by atoms with E-state index in [-0.39, 0.29) is 30.0 Å². The van der Waals surface area contributed by atoms with Crippen LogP contribution in [0.25, 0.3) is 0 Å². The van der Waals surface area contributed by atoms with E-state index in [0.717, 1.165) is 0 Å². The second-order valence-electron chi connectivity index (χ2n) is 5.88. The second kappa shape index (κ2) is 7.11. The Balaban J connectivity index is 1.95. The lowest BCUT2D eigenvalue weighted by molar-refractivity contribution is -0.274. The summed E-state index contributed by atoms with van der Waals surface area (Å²) < 4.78 is 41.3. The van der Waals surface area contributed by atoms with Crippen molar-refractivity contribution < 1.29 is 32.6 Å². The van der Waals surface area contributed by atoms with Crippen LogP contribution in [0.1, 0.15) is 37.7 Å². The number of carbonyl (C=O) groups excluding carboxylic acids is 1. The summed E-state index contributed by atoms with van der Waals surface area (Å²) in [4.78, 5) is 22.6. The first kappa shape index (κ1) is 18.1. The van der Waals surface area contributed by atoms with Crippen molar-refractivity contribution in [1.82, 2.24) is 5.32 Å². The molecule has 0 bridgehead atoms. The highest BCUT2D eigenvalue weighted by Crippen LogP contribution is 2.51. The minimum absolute atomic E-state index is 0.0577. The van der Waals surface area contributed by atoms with Crippen LogP contribution in [0, 0.1) is 5.92 Å². The first-order chi connectivity index (χ1) is 11.2. The first-order valence-electron chi connectivity index (χ1n) is 7.54. The van der Waals surface area contributed by atoms with Crippen LogP contribution >= 0.6 is 0 Å². The summed E-state index contributed by atoms with van der Waals surface area (Å²) in [6.45, 7) is 1.69. The van der Waals surface area contributed by atoms with Crippen LogP contribution < -0.4 is 10.1 Å². The van der Waals surface area contributed by atoms with E-state index in [1.807, 2.05) is 0 Å². The van der Waals surface area contributed by atoms with Crippen molar-refractivity contribution in [1.29, 1.82) is 0 Å². The molecular weight excluding hydrogens is 327 g/mol. The summed E-state index contributed by atoms with van der Waals surface area (Å²) in [5.41, 5.74) is 0.355. The Bertz CT molecular complexity index is 618. The first-order valence-corrected chi connectivity index (χ1v) is 7.54. The zero-order valence-corrected chi connectivity index (χ0v) is 13.0. The van der Waals surface area contributed by atoms with Gasteiger partial charge in [0.25, 0.3) is 0 Å². The summed E-state index contributed by atoms with van der Waals surface area (Å²) in [5, 5.41) is 11.3. The minimum Gasteiger partial charge on any atom is -0.481 e. The summed E-state index contributed by atoms with van der Waals surface area (Å²) in [6.07, 6.45) is -4.10. The summed E-state index contributed by atoms with van der Waals surface area (Å²) in [6, 6.07) is 5.48. The standard InChI is InChI=1S/C16H18F3NO4/c1-9(6-7-14(21)22)20-15(23)12-8-11(12)10-4-2-3-5-13(10)24-16(17,18)19/h2-5,9,11-12H,6-8H2,1H3,(H,20,23)(H,21,22). The molecule has 0 spiro atoms. The Kier molecular flexibility index (Phi) is 5.36. The van der Waals surface area contributed by atoms with E-state index in [1.54, 1.807) is 13.0 Å². The number of amides is 1. The molecule has 0 radical (unpaired) electrons. The van der Waals surface area contributed by atoms with Gasteiger partial charge >= 0.3 is 12.3 Å². The van der Waals surface area contributed by atoms with Gasteiger partial charge in [0.15, 0.2) is 0 Å². The molecule has 5 nitrogen and oxygen atoms in total. The average molecular weight is 345 g/mol. The van der Waals surface area contributed by atoms with Crippen molar-refractivity contribution in [2.75, 3.05) is 0 Å². The fourth-order valence-electron chi connectivity index (χ4n) is 2.60. The molecule has 2 N–H and O–H groups in total. The summed E-state index contributed by atoms with van der Waals surface area (Å²) in [7, 11) is 0. The number of para-hydroxylation sites is 1. The third-order valence-electron chi connectivity index (χ3n) is 3.85. The van der Waals surface area contributed by atoms with Crippen molar-refractivity contribution in [3.8, 4) is 5.75 Å². The van der Waals surface area contributed by atoms with Crippen LogP contribution in [-0.4, -0.2) is 29.4 Å². The number of carbonyl (C=O) groups is 2. The molecule has 1 aromatic rings. The molecule has 1 fully saturated rings. The molecule has 1 aliphatic rings. The molecule has 3 atom stereocenters. The Labute approximate surface area is 136 Å². The number of carboxylic acid groups (broad SMARTS) is 1. The van der Waals surface area contributed by atoms with E-state index in [0.29, 0.717) is 18.4 Å². The van der Waals surface area contributed by atoms with Crippen molar-refractivity contribution in [3.63, 3.8) is 0 Å². The third-order valence-corrected chi connectivity index (χ3v) is 3.85. The lowest BCUT2D eigenvalue weighted by atomic mass is 10.1. The van der Waals surface area contributed by atoms with Crippen LogP contribution in [-0.2, 0) is 9.59 Å². The predicted octanol–water partition coefficient (Wildman–Crippen LogP) is 3.06. The number of hydrogen-bond acceptors (Lipinski definition) is 3. The van der Waals surface area contributed by atoms with Crippen LogP contribution in [0.5, 0.6) is 5.75 Å². The van der Waals surface area contributed by atoms with Gasteiger partial charge < -0.3 is 15.2 Å². The molecule has 2 rings (SSSR count). The smallest absolute Gasteiger partial charge is 0.481 e. The van der Waals surface area contributed by atoms with Gasteiger partial charge in [0.05, 0.1) is 0 Å². The second-order valence-corrected chi connectivity index (χ2v) is 5.88. The van der Waals surface area contributed by atoms with E-state index >= 15 is 0 Å². The van der Waals surface area contributed by atoms with Gasteiger partial charge in [-0.15, -0.1) is 13.2 Å². The Morgan fingerprint density at radius 2 is 2.04 bits per heavy atom. The van der Waals surface area contributed by atoms with E-state index in [2.05, 4.69) is 10.1 Å². The van der Waals surface area contributed by atoms with Gasteiger partial charge in [-0.05, 0) is 37.3 Å².